The second-order valence-electron chi connectivity index (χ2n) is 9.45. The van der Waals surface area contributed by atoms with Crippen molar-refractivity contribution in [1.82, 2.24) is 4.90 Å². The highest BCUT2D eigenvalue weighted by molar-refractivity contribution is 5.64. The van der Waals surface area contributed by atoms with Crippen LogP contribution in [-0.2, 0) is 17.9 Å². The van der Waals surface area contributed by atoms with Crippen molar-refractivity contribution in [3.05, 3.63) is 71.1 Å². The molecule has 0 bridgehead atoms. The standard InChI is InChI=1S/C26H34N2O/c1-25(2,3)26(20-27-4)13-15-28(16-14-26)18-21-9-11-23(12-10-21)24-8-6-7-22(17-24)19-29-5/h6-12,17H,13-16,18-20H2,1-3,5H3. The smallest absolute Gasteiger partial charge is 0.220 e. The third-order valence-corrected chi connectivity index (χ3v) is 6.72. The number of hydrogen-bond donors (Lipinski definition) is 0. The second-order valence-corrected chi connectivity index (χ2v) is 9.45. The van der Waals surface area contributed by atoms with E-state index in [0.717, 1.165) is 32.5 Å². The van der Waals surface area contributed by atoms with E-state index in [2.05, 4.69) is 79.0 Å². The molecule has 3 nitrogen and oxygen atoms in total. The summed E-state index contributed by atoms with van der Waals surface area (Å²) in [5.74, 6) is 0. The topological polar surface area (TPSA) is 16.8 Å². The van der Waals surface area contributed by atoms with Gasteiger partial charge >= 0.3 is 0 Å². The maximum atomic E-state index is 7.41. The molecular formula is C26H34N2O. The van der Waals surface area contributed by atoms with Crippen LogP contribution in [0.3, 0.4) is 0 Å². The molecule has 1 aliphatic rings. The van der Waals surface area contributed by atoms with Gasteiger partial charge in [-0.25, -0.2) is 6.57 Å². The van der Waals surface area contributed by atoms with Crippen LogP contribution in [0, 0.1) is 17.4 Å². The van der Waals surface area contributed by atoms with Crippen molar-refractivity contribution in [3.8, 4) is 11.1 Å². The first-order chi connectivity index (χ1) is 13.9. The van der Waals surface area contributed by atoms with Crippen LogP contribution in [0.2, 0.25) is 0 Å². The largest absolute Gasteiger partial charge is 0.380 e. The highest BCUT2D eigenvalue weighted by atomic mass is 16.5. The monoisotopic (exact) mass is 390 g/mol. The molecule has 154 valence electrons. The minimum atomic E-state index is 0.155. The molecule has 0 atom stereocenters. The minimum Gasteiger partial charge on any atom is -0.380 e. The molecule has 0 saturated carbocycles. The Kier molecular flexibility index (Phi) is 6.77. The van der Waals surface area contributed by atoms with Crippen molar-refractivity contribution in [2.45, 2.75) is 46.8 Å². The average molecular weight is 391 g/mol. The van der Waals surface area contributed by atoms with E-state index in [1.165, 1.54) is 22.3 Å². The Morgan fingerprint density at radius 1 is 1.00 bits per heavy atom. The zero-order valence-corrected chi connectivity index (χ0v) is 18.4. The van der Waals surface area contributed by atoms with E-state index in [1.54, 1.807) is 7.11 Å². The lowest BCUT2D eigenvalue weighted by atomic mass is 9.61. The Bertz CT molecular complexity index is 834. The molecular weight excluding hydrogens is 356 g/mol. The number of benzene rings is 2. The van der Waals surface area contributed by atoms with E-state index < -0.39 is 0 Å². The van der Waals surface area contributed by atoms with E-state index in [4.69, 9.17) is 11.3 Å². The van der Waals surface area contributed by atoms with E-state index in [1.807, 2.05) is 0 Å². The molecule has 1 saturated heterocycles. The van der Waals surface area contributed by atoms with Gasteiger partial charge in [-0.05, 0) is 59.7 Å². The number of nitrogens with zero attached hydrogens (tertiary/aromatic N) is 2. The molecule has 1 aliphatic heterocycles. The lowest BCUT2D eigenvalue weighted by Gasteiger charge is -2.46. The molecule has 2 aromatic carbocycles. The fraction of sp³-hybridized carbons (Fsp3) is 0.500. The number of methoxy groups -OCH3 is 1. The SMILES string of the molecule is [C-]#[N+]CC1(C(C)(C)C)CCN(Cc2ccc(-c3cccc(COC)c3)cc2)CC1. The van der Waals surface area contributed by atoms with Crippen molar-refractivity contribution >= 4 is 0 Å². The summed E-state index contributed by atoms with van der Waals surface area (Å²) in [6.45, 7) is 18.7. The maximum Gasteiger partial charge on any atom is 0.220 e. The van der Waals surface area contributed by atoms with Crippen molar-refractivity contribution in [2.24, 2.45) is 10.8 Å². The van der Waals surface area contributed by atoms with Gasteiger partial charge in [-0.15, -0.1) is 0 Å². The van der Waals surface area contributed by atoms with Gasteiger partial charge in [0.2, 0.25) is 6.54 Å². The zero-order valence-electron chi connectivity index (χ0n) is 18.4. The Hall–Kier alpha value is -2.15. The Labute approximate surface area is 176 Å². The number of likely N-dealkylation sites (tertiary alicyclic amines) is 1. The van der Waals surface area contributed by atoms with Gasteiger partial charge in [0.1, 0.15) is 0 Å². The summed E-state index contributed by atoms with van der Waals surface area (Å²) in [5.41, 5.74) is 5.37. The van der Waals surface area contributed by atoms with E-state index in [9.17, 15) is 0 Å². The molecule has 29 heavy (non-hydrogen) atoms. The van der Waals surface area contributed by atoms with Crippen molar-refractivity contribution < 1.29 is 4.74 Å². The van der Waals surface area contributed by atoms with Gasteiger partial charge in [-0.3, -0.25) is 4.90 Å². The first-order valence-corrected chi connectivity index (χ1v) is 10.6. The minimum absolute atomic E-state index is 0.155. The second kappa shape index (κ2) is 9.11. The zero-order chi connectivity index (χ0) is 20.9. The average Bonchev–Trinajstić information content (AvgIpc) is 2.70. The van der Waals surface area contributed by atoms with E-state index >= 15 is 0 Å². The van der Waals surface area contributed by atoms with Gasteiger partial charge in [-0.2, -0.15) is 0 Å². The summed E-state index contributed by atoms with van der Waals surface area (Å²) in [7, 11) is 1.73. The highest BCUT2D eigenvalue weighted by Crippen LogP contribution is 2.47. The van der Waals surface area contributed by atoms with E-state index in [0.29, 0.717) is 13.2 Å². The molecule has 0 aromatic heterocycles. The number of piperidine rings is 1. The molecule has 3 heteroatoms. The molecule has 0 unspecified atom stereocenters. The highest BCUT2D eigenvalue weighted by Gasteiger charge is 2.46. The summed E-state index contributed by atoms with van der Waals surface area (Å²) in [4.78, 5) is 6.33. The Morgan fingerprint density at radius 3 is 2.28 bits per heavy atom. The first-order valence-electron chi connectivity index (χ1n) is 10.6. The van der Waals surface area contributed by atoms with Gasteiger partial charge in [0.15, 0.2) is 0 Å². The van der Waals surface area contributed by atoms with Crippen molar-refractivity contribution in [1.29, 1.82) is 0 Å². The Morgan fingerprint density at radius 2 is 1.69 bits per heavy atom. The van der Waals surface area contributed by atoms with Crippen LogP contribution in [0.4, 0.5) is 0 Å². The van der Waals surface area contributed by atoms with Crippen LogP contribution in [0.15, 0.2) is 48.5 Å². The first kappa shape index (κ1) is 21.6. The van der Waals surface area contributed by atoms with E-state index in [-0.39, 0.29) is 10.8 Å². The van der Waals surface area contributed by atoms with Crippen LogP contribution in [0.5, 0.6) is 0 Å². The van der Waals surface area contributed by atoms with Gasteiger partial charge in [0.05, 0.1) is 6.61 Å². The molecule has 0 radical (unpaired) electrons. The van der Waals surface area contributed by atoms with Crippen molar-refractivity contribution in [3.63, 3.8) is 0 Å². The van der Waals surface area contributed by atoms with Crippen LogP contribution in [0.25, 0.3) is 16.0 Å². The summed E-state index contributed by atoms with van der Waals surface area (Å²) in [6, 6.07) is 17.5. The summed E-state index contributed by atoms with van der Waals surface area (Å²) < 4.78 is 5.25. The van der Waals surface area contributed by atoms with Gasteiger partial charge in [0, 0.05) is 19.1 Å². The molecule has 0 aliphatic carbocycles. The number of hydrogen-bond acceptors (Lipinski definition) is 2. The number of rotatable bonds is 6. The van der Waals surface area contributed by atoms with Gasteiger partial charge in [0.25, 0.3) is 0 Å². The predicted octanol–water partition coefficient (Wildman–Crippen LogP) is 6.05. The Balaban J connectivity index is 1.63. The predicted molar refractivity (Wildman–Crippen MR) is 120 cm³/mol. The molecule has 0 N–H and O–H groups in total. The molecule has 0 amide bonds. The molecule has 3 rings (SSSR count). The summed E-state index contributed by atoms with van der Waals surface area (Å²) in [5, 5.41) is 0. The molecule has 1 heterocycles. The van der Waals surface area contributed by atoms with Gasteiger partial charge in [-0.1, -0.05) is 63.2 Å². The fourth-order valence-electron chi connectivity index (χ4n) is 4.50. The van der Waals surface area contributed by atoms with Crippen LogP contribution < -0.4 is 0 Å². The quantitative estimate of drug-likeness (QED) is 0.559. The summed E-state index contributed by atoms with van der Waals surface area (Å²) >= 11 is 0. The number of ether oxygens (including phenoxy) is 1. The van der Waals surface area contributed by atoms with Crippen LogP contribution in [-0.4, -0.2) is 31.6 Å². The van der Waals surface area contributed by atoms with Crippen molar-refractivity contribution in [2.75, 3.05) is 26.7 Å². The lowest BCUT2D eigenvalue weighted by molar-refractivity contribution is 0.0173. The third kappa shape index (κ3) is 5.07. The molecule has 1 fully saturated rings. The third-order valence-electron chi connectivity index (χ3n) is 6.72. The summed E-state index contributed by atoms with van der Waals surface area (Å²) in [6.07, 6.45) is 2.23. The van der Waals surface area contributed by atoms with Crippen LogP contribution >= 0.6 is 0 Å². The molecule has 0 spiro atoms. The molecule has 2 aromatic rings. The van der Waals surface area contributed by atoms with Gasteiger partial charge < -0.3 is 9.58 Å². The fourth-order valence-corrected chi connectivity index (χ4v) is 4.50. The normalized spacial score (nSPS) is 17.1. The maximum absolute atomic E-state index is 7.41. The lowest BCUT2D eigenvalue weighted by Crippen LogP contribution is -2.47. The van der Waals surface area contributed by atoms with Crippen LogP contribution in [0.1, 0.15) is 44.7 Å².